The third kappa shape index (κ3) is 8.25. The van der Waals surface area contributed by atoms with E-state index in [1.807, 2.05) is 18.2 Å². The number of carboxylic acids is 1. The minimum Gasteiger partial charge on any atom is -0.481 e. The van der Waals surface area contributed by atoms with Crippen molar-refractivity contribution >= 4 is 62.1 Å². The summed E-state index contributed by atoms with van der Waals surface area (Å²) in [4.78, 5) is 10.5. The zero-order chi connectivity index (χ0) is 19.9. The first-order valence-electron chi connectivity index (χ1n) is 7.48. The summed E-state index contributed by atoms with van der Waals surface area (Å²) in [6, 6.07) is 5.52. The van der Waals surface area contributed by atoms with Gasteiger partial charge in [-0.25, -0.2) is 8.78 Å². The van der Waals surface area contributed by atoms with Crippen LogP contribution in [0.2, 0.25) is 0 Å². The van der Waals surface area contributed by atoms with Crippen LogP contribution in [-0.2, 0) is 4.79 Å². The standard InChI is InChI=1S/C13H15BrF2IN5.C2H4O2/c14-9-7-8(1-2-10(9)17)20-11(18)21-12(19)22-5-3-13(15,16)4-6-22;1-2(3)4/h1-2,7H,3-6H2,(H4,18,19,20,21);1H3,(H,3,4). The molecule has 144 valence electrons. The van der Waals surface area contributed by atoms with E-state index in [1.165, 1.54) is 4.90 Å². The Bertz CT molecular complexity index is 676. The van der Waals surface area contributed by atoms with E-state index in [0.717, 1.165) is 15.0 Å². The van der Waals surface area contributed by atoms with Crippen molar-refractivity contribution in [2.75, 3.05) is 18.4 Å². The molecule has 1 aliphatic heterocycles. The molecule has 1 aromatic carbocycles. The predicted octanol–water partition coefficient (Wildman–Crippen LogP) is 3.75. The van der Waals surface area contributed by atoms with Gasteiger partial charge < -0.3 is 15.3 Å². The van der Waals surface area contributed by atoms with Crippen molar-refractivity contribution in [3.8, 4) is 0 Å². The highest BCUT2D eigenvalue weighted by Gasteiger charge is 2.34. The topological polar surface area (TPSA) is 112 Å². The van der Waals surface area contributed by atoms with Gasteiger partial charge in [0.25, 0.3) is 11.9 Å². The summed E-state index contributed by atoms with van der Waals surface area (Å²) in [5.74, 6) is -3.59. The molecule has 1 saturated heterocycles. The van der Waals surface area contributed by atoms with E-state index in [0.29, 0.717) is 5.69 Å². The Hall–Kier alpha value is -1.50. The molecule has 1 aromatic rings. The summed E-state index contributed by atoms with van der Waals surface area (Å²) < 4.78 is 28.1. The molecule has 1 aliphatic rings. The van der Waals surface area contributed by atoms with Crippen molar-refractivity contribution in [2.45, 2.75) is 25.7 Å². The first-order chi connectivity index (χ1) is 12.0. The number of guanidine groups is 2. The molecule has 0 atom stereocenters. The van der Waals surface area contributed by atoms with E-state index in [9.17, 15) is 8.78 Å². The van der Waals surface area contributed by atoms with Crippen molar-refractivity contribution in [1.29, 1.82) is 10.8 Å². The summed E-state index contributed by atoms with van der Waals surface area (Å²) in [5.41, 5.74) is 0.697. The summed E-state index contributed by atoms with van der Waals surface area (Å²) in [6.45, 7) is 1.31. The number of carbonyl (C=O) groups is 1. The molecule has 0 unspecified atom stereocenters. The van der Waals surface area contributed by atoms with Crippen LogP contribution in [0.15, 0.2) is 22.7 Å². The third-order valence-electron chi connectivity index (χ3n) is 3.24. The molecular formula is C15H19BrF2IN5O2. The Kier molecular flexibility index (Phi) is 8.67. The second-order valence-corrected chi connectivity index (χ2v) is 7.48. The van der Waals surface area contributed by atoms with Crippen molar-refractivity contribution < 1.29 is 18.7 Å². The smallest absolute Gasteiger partial charge is 0.300 e. The van der Waals surface area contributed by atoms with E-state index in [2.05, 4.69) is 49.2 Å². The molecule has 0 aromatic heterocycles. The van der Waals surface area contributed by atoms with Gasteiger partial charge in [-0.1, -0.05) is 0 Å². The number of likely N-dealkylation sites (tertiary alicyclic amines) is 1. The first-order valence-corrected chi connectivity index (χ1v) is 9.36. The maximum Gasteiger partial charge on any atom is 0.300 e. The number of halogens is 4. The summed E-state index contributed by atoms with van der Waals surface area (Å²) in [6.07, 6.45) is -0.524. The van der Waals surface area contributed by atoms with E-state index in [4.69, 9.17) is 20.7 Å². The predicted molar refractivity (Wildman–Crippen MR) is 108 cm³/mol. The van der Waals surface area contributed by atoms with E-state index in [1.54, 1.807) is 0 Å². The van der Waals surface area contributed by atoms with Gasteiger partial charge in [-0.3, -0.25) is 20.9 Å². The Morgan fingerprint density at radius 3 is 2.38 bits per heavy atom. The minimum atomic E-state index is -2.64. The Balaban J connectivity index is 0.000000765. The Morgan fingerprint density at radius 1 is 1.35 bits per heavy atom. The second kappa shape index (κ2) is 10.00. The largest absolute Gasteiger partial charge is 0.481 e. The monoisotopic (exact) mass is 545 g/mol. The molecule has 0 amide bonds. The quantitative estimate of drug-likeness (QED) is 0.210. The van der Waals surface area contributed by atoms with Crippen LogP contribution in [0.4, 0.5) is 14.5 Å². The fourth-order valence-electron chi connectivity index (χ4n) is 2.00. The minimum absolute atomic E-state index is 0.0439. The third-order valence-corrected chi connectivity index (χ3v) is 5.58. The molecule has 0 saturated carbocycles. The number of aliphatic carboxylic acids is 1. The van der Waals surface area contributed by atoms with Crippen LogP contribution in [0.3, 0.4) is 0 Å². The lowest BCUT2D eigenvalue weighted by Crippen LogP contribution is -2.50. The molecule has 5 N–H and O–H groups in total. The number of hydrogen-bond donors (Lipinski definition) is 5. The summed E-state index contributed by atoms with van der Waals surface area (Å²) in [7, 11) is 0. The van der Waals surface area contributed by atoms with Crippen molar-refractivity contribution in [2.24, 2.45) is 0 Å². The summed E-state index contributed by atoms with van der Waals surface area (Å²) in [5, 5.41) is 28.5. The normalized spacial score (nSPS) is 15.3. The van der Waals surface area contributed by atoms with Crippen LogP contribution in [0, 0.1) is 14.4 Å². The lowest BCUT2D eigenvalue weighted by atomic mass is 10.1. The average molecular weight is 546 g/mol. The summed E-state index contributed by atoms with van der Waals surface area (Å²) >= 11 is 5.58. The van der Waals surface area contributed by atoms with Gasteiger partial charge in [0, 0.05) is 46.6 Å². The van der Waals surface area contributed by atoms with Gasteiger partial charge in [-0.15, -0.1) is 0 Å². The molecule has 11 heteroatoms. The molecule has 1 heterocycles. The van der Waals surface area contributed by atoms with E-state index in [-0.39, 0.29) is 37.9 Å². The van der Waals surface area contributed by atoms with Crippen LogP contribution >= 0.6 is 38.5 Å². The van der Waals surface area contributed by atoms with Crippen molar-refractivity contribution in [3.05, 3.63) is 26.2 Å². The molecule has 2 rings (SSSR count). The Labute approximate surface area is 171 Å². The van der Waals surface area contributed by atoms with Crippen molar-refractivity contribution in [1.82, 2.24) is 10.2 Å². The molecule has 26 heavy (non-hydrogen) atoms. The van der Waals surface area contributed by atoms with Crippen LogP contribution in [0.1, 0.15) is 19.8 Å². The molecule has 0 radical (unpaired) electrons. The van der Waals surface area contributed by atoms with Crippen LogP contribution in [-0.4, -0.2) is 46.9 Å². The number of carboxylic acid groups (broad SMARTS) is 1. The number of nitrogens with zero attached hydrogens (tertiary/aromatic N) is 1. The van der Waals surface area contributed by atoms with Gasteiger partial charge in [0.15, 0.2) is 11.9 Å². The van der Waals surface area contributed by atoms with Crippen LogP contribution < -0.4 is 10.6 Å². The maximum absolute atomic E-state index is 13.1. The highest BCUT2D eigenvalue weighted by molar-refractivity contribution is 14.1. The van der Waals surface area contributed by atoms with Gasteiger partial charge >= 0.3 is 0 Å². The maximum atomic E-state index is 13.1. The SMILES string of the molecule is CC(=O)O.N=C(NC(=N)N1CCC(F)(F)CC1)Nc1ccc(I)c(Br)c1. The van der Waals surface area contributed by atoms with Crippen LogP contribution in [0.25, 0.3) is 0 Å². The lowest BCUT2D eigenvalue weighted by molar-refractivity contribution is -0.134. The number of piperidine rings is 1. The number of nitrogens with one attached hydrogen (secondary N) is 4. The zero-order valence-corrected chi connectivity index (χ0v) is 17.6. The molecular weight excluding hydrogens is 527 g/mol. The van der Waals surface area contributed by atoms with Gasteiger partial charge in [0.2, 0.25) is 0 Å². The highest BCUT2D eigenvalue weighted by atomic mass is 127. The first kappa shape index (κ1) is 22.5. The number of rotatable bonds is 1. The van der Waals surface area contributed by atoms with Gasteiger partial charge in [-0.05, 0) is 56.7 Å². The fourth-order valence-corrected chi connectivity index (χ4v) is 2.72. The van der Waals surface area contributed by atoms with Gasteiger partial charge in [-0.2, -0.15) is 0 Å². The lowest BCUT2D eigenvalue weighted by Gasteiger charge is -2.33. The van der Waals surface area contributed by atoms with Crippen molar-refractivity contribution in [3.63, 3.8) is 0 Å². The van der Waals surface area contributed by atoms with Gasteiger partial charge in [0.1, 0.15) is 0 Å². The number of hydrogen-bond acceptors (Lipinski definition) is 3. The van der Waals surface area contributed by atoms with Gasteiger partial charge in [0.05, 0.1) is 0 Å². The average Bonchev–Trinajstić information content (AvgIpc) is 2.50. The van der Waals surface area contributed by atoms with Crippen LogP contribution in [0.5, 0.6) is 0 Å². The Morgan fingerprint density at radius 2 is 1.88 bits per heavy atom. The number of benzene rings is 1. The van der Waals surface area contributed by atoms with E-state index < -0.39 is 11.9 Å². The highest BCUT2D eigenvalue weighted by Crippen LogP contribution is 2.27. The molecule has 7 nitrogen and oxygen atoms in total. The molecule has 1 fully saturated rings. The molecule has 0 aliphatic carbocycles. The zero-order valence-electron chi connectivity index (χ0n) is 13.9. The fraction of sp³-hybridized carbons (Fsp3) is 0.400. The molecule has 0 spiro atoms. The second-order valence-electron chi connectivity index (χ2n) is 5.46. The van der Waals surface area contributed by atoms with E-state index >= 15 is 0 Å². The molecule has 0 bridgehead atoms. The number of anilines is 1. The number of alkyl halides is 2.